The van der Waals surface area contributed by atoms with E-state index < -0.39 is 0 Å². The summed E-state index contributed by atoms with van der Waals surface area (Å²) in [5, 5.41) is 15.2. The Hall–Kier alpha value is -3.42. The highest BCUT2D eigenvalue weighted by atomic mass is 16.7. The van der Waals surface area contributed by atoms with Crippen molar-refractivity contribution in [2.24, 2.45) is 0 Å². The topological polar surface area (TPSA) is 91.2 Å². The third-order valence-corrected chi connectivity index (χ3v) is 4.32. The highest BCUT2D eigenvalue weighted by Crippen LogP contribution is 2.34. The summed E-state index contributed by atoms with van der Waals surface area (Å²) in [5.74, 6) is 1.70. The number of hydrogen-bond acceptors (Lipinski definition) is 6. The van der Waals surface area contributed by atoms with E-state index in [1.807, 2.05) is 56.3 Å². The molecule has 0 saturated carbocycles. The van der Waals surface area contributed by atoms with Crippen LogP contribution < -0.4 is 14.8 Å². The van der Waals surface area contributed by atoms with Gasteiger partial charge in [0.05, 0.1) is 6.04 Å². The molecular formula is C19H19N5O3. The second-order valence-corrected chi connectivity index (χ2v) is 6.41. The van der Waals surface area contributed by atoms with Crippen LogP contribution in [-0.2, 0) is 11.3 Å². The smallest absolute Gasteiger partial charge is 0.244 e. The molecule has 4 rings (SSSR count). The zero-order valence-electron chi connectivity index (χ0n) is 15.0. The molecule has 1 aromatic heterocycles. The summed E-state index contributed by atoms with van der Waals surface area (Å²) in [6, 6.07) is 13.3. The van der Waals surface area contributed by atoms with Gasteiger partial charge in [0.15, 0.2) is 11.5 Å². The van der Waals surface area contributed by atoms with Crippen LogP contribution in [0.3, 0.4) is 0 Å². The number of rotatable bonds is 5. The van der Waals surface area contributed by atoms with E-state index in [9.17, 15) is 4.79 Å². The van der Waals surface area contributed by atoms with Gasteiger partial charge in [-0.05, 0) is 36.8 Å². The lowest BCUT2D eigenvalue weighted by Gasteiger charge is -2.14. The van der Waals surface area contributed by atoms with Crippen molar-refractivity contribution in [2.45, 2.75) is 26.4 Å². The minimum atomic E-state index is -0.201. The van der Waals surface area contributed by atoms with Crippen LogP contribution in [0.1, 0.15) is 24.1 Å². The molecule has 0 unspecified atom stereocenters. The summed E-state index contributed by atoms with van der Waals surface area (Å²) in [7, 11) is 0. The van der Waals surface area contributed by atoms with Gasteiger partial charge in [0.2, 0.25) is 18.5 Å². The van der Waals surface area contributed by atoms with Crippen LogP contribution in [0, 0.1) is 6.92 Å². The number of aryl methyl sites for hydroxylation is 1. The van der Waals surface area contributed by atoms with E-state index in [-0.39, 0.29) is 25.3 Å². The zero-order valence-corrected chi connectivity index (χ0v) is 15.0. The number of fused-ring (bicyclic) bond motifs is 1. The van der Waals surface area contributed by atoms with Crippen molar-refractivity contribution in [1.29, 1.82) is 0 Å². The number of ether oxygens (including phenoxy) is 2. The maximum absolute atomic E-state index is 12.3. The normalized spacial score (nSPS) is 13.4. The number of amides is 1. The number of nitrogens with one attached hydrogen (secondary N) is 1. The maximum atomic E-state index is 12.3. The molecule has 0 radical (unpaired) electrons. The van der Waals surface area contributed by atoms with E-state index in [0.717, 1.165) is 16.7 Å². The van der Waals surface area contributed by atoms with Crippen molar-refractivity contribution in [2.75, 3.05) is 6.79 Å². The standard InChI is InChI=1S/C19H19N5O3/c1-12-3-5-14(6-4-12)19-21-23-24(22-19)10-18(25)20-13(2)15-7-8-16-17(9-15)27-11-26-16/h3-9,13H,10-11H2,1-2H3,(H,20,25)/t13-/m1/s1. The molecule has 2 heterocycles. The molecular weight excluding hydrogens is 346 g/mol. The zero-order chi connectivity index (χ0) is 18.8. The van der Waals surface area contributed by atoms with Crippen LogP contribution in [0.15, 0.2) is 42.5 Å². The minimum absolute atomic E-state index is 0.00620. The van der Waals surface area contributed by atoms with Crippen molar-refractivity contribution in [3.8, 4) is 22.9 Å². The quantitative estimate of drug-likeness (QED) is 0.746. The molecule has 138 valence electrons. The summed E-state index contributed by atoms with van der Waals surface area (Å²) < 4.78 is 10.7. The molecule has 1 aliphatic heterocycles. The average Bonchev–Trinajstić information content (AvgIpc) is 3.30. The van der Waals surface area contributed by atoms with Gasteiger partial charge < -0.3 is 14.8 Å². The minimum Gasteiger partial charge on any atom is -0.454 e. The molecule has 2 aromatic carbocycles. The van der Waals surface area contributed by atoms with E-state index in [1.165, 1.54) is 4.80 Å². The Morgan fingerprint density at radius 3 is 2.78 bits per heavy atom. The van der Waals surface area contributed by atoms with Crippen LogP contribution in [0.5, 0.6) is 11.5 Å². The van der Waals surface area contributed by atoms with Gasteiger partial charge in [-0.15, -0.1) is 10.2 Å². The number of tetrazole rings is 1. The van der Waals surface area contributed by atoms with Gasteiger partial charge in [-0.2, -0.15) is 4.80 Å². The van der Waals surface area contributed by atoms with E-state index in [0.29, 0.717) is 17.3 Å². The Morgan fingerprint density at radius 2 is 1.96 bits per heavy atom. The number of nitrogens with zero attached hydrogens (tertiary/aromatic N) is 4. The van der Waals surface area contributed by atoms with E-state index in [4.69, 9.17) is 9.47 Å². The van der Waals surface area contributed by atoms with E-state index >= 15 is 0 Å². The monoisotopic (exact) mass is 365 g/mol. The highest BCUT2D eigenvalue weighted by Gasteiger charge is 2.17. The molecule has 0 spiro atoms. The van der Waals surface area contributed by atoms with E-state index in [2.05, 4.69) is 20.7 Å². The molecule has 0 aliphatic carbocycles. The van der Waals surface area contributed by atoms with E-state index in [1.54, 1.807) is 0 Å². The van der Waals surface area contributed by atoms with Gasteiger partial charge in [0, 0.05) is 5.56 Å². The first-order valence-electron chi connectivity index (χ1n) is 8.62. The summed E-state index contributed by atoms with van der Waals surface area (Å²) in [4.78, 5) is 13.6. The van der Waals surface area contributed by atoms with Gasteiger partial charge in [0.1, 0.15) is 6.54 Å². The van der Waals surface area contributed by atoms with Crippen LogP contribution in [-0.4, -0.2) is 32.9 Å². The Labute approximate surface area is 156 Å². The van der Waals surface area contributed by atoms with Gasteiger partial charge in [-0.3, -0.25) is 4.79 Å². The summed E-state index contributed by atoms with van der Waals surface area (Å²) in [6.07, 6.45) is 0. The molecule has 1 N–H and O–H groups in total. The second-order valence-electron chi connectivity index (χ2n) is 6.41. The largest absolute Gasteiger partial charge is 0.454 e. The molecule has 0 fully saturated rings. The third kappa shape index (κ3) is 3.74. The predicted molar refractivity (Wildman–Crippen MR) is 97.1 cm³/mol. The van der Waals surface area contributed by atoms with Gasteiger partial charge >= 0.3 is 0 Å². The molecule has 8 heteroatoms. The van der Waals surface area contributed by atoms with Gasteiger partial charge in [0.25, 0.3) is 0 Å². The van der Waals surface area contributed by atoms with Crippen molar-refractivity contribution < 1.29 is 14.3 Å². The van der Waals surface area contributed by atoms with Crippen molar-refractivity contribution in [3.05, 3.63) is 53.6 Å². The van der Waals surface area contributed by atoms with Crippen LogP contribution in [0.2, 0.25) is 0 Å². The molecule has 8 nitrogen and oxygen atoms in total. The fourth-order valence-electron chi connectivity index (χ4n) is 2.81. The van der Waals surface area contributed by atoms with Crippen molar-refractivity contribution in [3.63, 3.8) is 0 Å². The van der Waals surface area contributed by atoms with Crippen molar-refractivity contribution >= 4 is 5.91 Å². The summed E-state index contributed by atoms with van der Waals surface area (Å²) >= 11 is 0. The lowest BCUT2D eigenvalue weighted by molar-refractivity contribution is -0.122. The predicted octanol–water partition coefficient (Wildman–Crippen LogP) is 2.25. The van der Waals surface area contributed by atoms with Gasteiger partial charge in [-0.1, -0.05) is 35.9 Å². The fraction of sp³-hybridized carbons (Fsp3) is 0.263. The maximum Gasteiger partial charge on any atom is 0.244 e. The highest BCUT2D eigenvalue weighted by molar-refractivity contribution is 5.76. The Kier molecular flexibility index (Phi) is 4.45. The molecule has 0 bridgehead atoms. The summed E-state index contributed by atoms with van der Waals surface area (Å²) in [5.41, 5.74) is 2.95. The number of hydrogen-bond donors (Lipinski definition) is 1. The van der Waals surface area contributed by atoms with Crippen molar-refractivity contribution in [1.82, 2.24) is 25.5 Å². The SMILES string of the molecule is Cc1ccc(-c2nnn(CC(=O)N[C@H](C)c3ccc4c(c3)OCO4)n2)cc1. The number of benzene rings is 2. The first kappa shape index (κ1) is 17.0. The number of aromatic nitrogens is 4. The number of carbonyl (C=O) groups excluding carboxylic acids is 1. The summed E-state index contributed by atoms with van der Waals surface area (Å²) in [6.45, 7) is 4.14. The third-order valence-electron chi connectivity index (χ3n) is 4.32. The van der Waals surface area contributed by atoms with Crippen LogP contribution in [0.25, 0.3) is 11.4 Å². The molecule has 27 heavy (non-hydrogen) atoms. The molecule has 3 aromatic rings. The van der Waals surface area contributed by atoms with Gasteiger partial charge in [-0.25, -0.2) is 0 Å². The molecule has 0 saturated heterocycles. The second kappa shape index (κ2) is 7.06. The Morgan fingerprint density at radius 1 is 1.19 bits per heavy atom. The lowest BCUT2D eigenvalue weighted by atomic mass is 10.1. The Balaban J connectivity index is 1.38. The molecule has 1 atom stereocenters. The molecule has 1 amide bonds. The molecule has 1 aliphatic rings. The van der Waals surface area contributed by atoms with Crippen LogP contribution in [0.4, 0.5) is 0 Å². The lowest BCUT2D eigenvalue weighted by Crippen LogP contribution is -2.30. The Bertz CT molecular complexity index is 968. The average molecular weight is 365 g/mol. The van der Waals surface area contributed by atoms with Crippen LogP contribution >= 0.6 is 0 Å². The first-order valence-corrected chi connectivity index (χ1v) is 8.62. The first-order chi connectivity index (χ1) is 13.1. The number of carbonyl (C=O) groups is 1. The fourth-order valence-corrected chi connectivity index (χ4v) is 2.81.